The summed E-state index contributed by atoms with van der Waals surface area (Å²) in [5, 5.41) is 9.50. The van der Waals surface area contributed by atoms with E-state index in [9.17, 15) is 27.8 Å². The maximum atomic E-state index is 14.6. The van der Waals surface area contributed by atoms with E-state index in [-0.39, 0.29) is 31.2 Å². The van der Waals surface area contributed by atoms with Crippen LogP contribution in [-0.4, -0.2) is 37.1 Å². The fourth-order valence-electron chi connectivity index (χ4n) is 4.46. The zero-order valence-electron chi connectivity index (χ0n) is 20.0. The van der Waals surface area contributed by atoms with Crippen molar-refractivity contribution in [2.24, 2.45) is 0 Å². The number of para-hydroxylation sites is 1. The van der Waals surface area contributed by atoms with Crippen LogP contribution in [0.4, 0.5) is 8.78 Å². The van der Waals surface area contributed by atoms with E-state index < -0.39 is 34.3 Å². The van der Waals surface area contributed by atoms with Crippen LogP contribution in [0.3, 0.4) is 0 Å². The van der Waals surface area contributed by atoms with Gasteiger partial charge in [-0.05, 0) is 53.8 Å². The second-order valence-electron chi connectivity index (χ2n) is 8.94. The fraction of sp³-hybridized carbons (Fsp3) is 0.296. The number of ether oxygens (including phenoxy) is 1. The number of benzene rings is 3. The number of aryl methyl sites for hydroxylation is 1. The quantitative estimate of drug-likeness (QED) is 0.328. The van der Waals surface area contributed by atoms with Crippen molar-refractivity contribution in [2.75, 3.05) is 6.54 Å². The summed E-state index contributed by atoms with van der Waals surface area (Å²) in [5.74, 6) is -3.09. The number of aliphatic carboxylic acids is 1. The van der Waals surface area contributed by atoms with Crippen molar-refractivity contribution in [3.05, 3.63) is 94.6 Å². The van der Waals surface area contributed by atoms with E-state index in [0.717, 1.165) is 23.3 Å². The van der Waals surface area contributed by atoms with Gasteiger partial charge in [0.1, 0.15) is 28.4 Å². The fourth-order valence-corrected chi connectivity index (χ4v) is 6.08. The summed E-state index contributed by atoms with van der Waals surface area (Å²) in [4.78, 5) is 11.9. The highest BCUT2D eigenvalue weighted by Crippen LogP contribution is 2.57. The summed E-state index contributed by atoms with van der Waals surface area (Å²) in [7, 11) is -3.38. The lowest BCUT2D eigenvalue weighted by Gasteiger charge is -2.42. The zero-order chi connectivity index (χ0) is 26.0. The van der Waals surface area contributed by atoms with Crippen molar-refractivity contribution in [1.29, 1.82) is 0 Å². The van der Waals surface area contributed by atoms with Gasteiger partial charge in [-0.3, -0.25) is 13.9 Å². The standard InChI is InChI=1S/C27H29F2NO5S/c1-3-21-16-30(36(33,34)26-7-5-4-6-25(26)35-21)15-19-12-18(9-8-17(19)2)23(14-27(31)32)22-11-10-20(28)13-24(22)29/h4-13,21,23,33-34H,3,14-16H2,1-2H3,(H,31,32)/t21-,23?/m1/s1. The minimum atomic E-state index is -3.38. The molecule has 1 aliphatic heterocycles. The first-order valence-corrected chi connectivity index (χ1v) is 13.2. The number of halogens is 2. The normalized spacial score (nSPS) is 19.0. The van der Waals surface area contributed by atoms with Crippen LogP contribution in [0.1, 0.15) is 47.9 Å². The summed E-state index contributed by atoms with van der Waals surface area (Å²) in [6.07, 6.45) is 0.00358. The number of hydrogen-bond donors (Lipinski definition) is 3. The molecular formula is C27H29F2NO5S. The number of hydrogen-bond acceptors (Lipinski definition) is 5. The number of rotatable bonds is 7. The molecule has 1 aliphatic rings. The van der Waals surface area contributed by atoms with Crippen LogP contribution in [0, 0.1) is 18.6 Å². The molecule has 3 aromatic carbocycles. The number of carboxylic acid groups (broad SMARTS) is 1. The first-order valence-electron chi connectivity index (χ1n) is 11.6. The molecule has 3 aromatic rings. The molecule has 6 nitrogen and oxygen atoms in total. The van der Waals surface area contributed by atoms with Crippen LogP contribution < -0.4 is 4.74 Å². The Kier molecular flexibility index (Phi) is 7.65. The largest absolute Gasteiger partial charge is 0.487 e. The predicted molar refractivity (Wildman–Crippen MR) is 134 cm³/mol. The zero-order valence-corrected chi connectivity index (χ0v) is 20.8. The van der Waals surface area contributed by atoms with Crippen molar-refractivity contribution in [3.63, 3.8) is 0 Å². The lowest BCUT2D eigenvalue weighted by atomic mass is 9.86. The maximum absolute atomic E-state index is 14.6. The average molecular weight is 518 g/mol. The Morgan fingerprint density at radius 1 is 1.14 bits per heavy atom. The molecule has 0 bridgehead atoms. The lowest BCUT2D eigenvalue weighted by molar-refractivity contribution is -0.137. The van der Waals surface area contributed by atoms with Gasteiger partial charge in [-0.25, -0.2) is 8.78 Å². The molecule has 4 rings (SSSR count). The molecule has 3 N–H and O–H groups in total. The second-order valence-corrected chi connectivity index (χ2v) is 10.9. The summed E-state index contributed by atoms with van der Waals surface area (Å²) in [6, 6.07) is 15.3. The molecule has 192 valence electrons. The Morgan fingerprint density at radius 3 is 2.58 bits per heavy atom. The van der Waals surface area contributed by atoms with E-state index in [1.165, 1.54) is 6.07 Å². The molecule has 0 aromatic heterocycles. The summed E-state index contributed by atoms with van der Waals surface area (Å²) >= 11 is 0. The van der Waals surface area contributed by atoms with E-state index >= 15 is 0 Å². The SMILES string of the molecule is CC[C@@H]1CN(Cc2cc(C(CC(=O)O)c3ccc(F)cc3F)ccc2C)S(O)(O)c2ccccc2O1. The summed E-state index contributed by atoms with van der Waals surface area (Å²) in [6.45, 7) is 4.25. The average Bonchev–Trinajstić information content (AvgIpc) is 2.93. The highest BCUT2D eigenvalue weighted by Gasteiger charge is 2.35. The Morgan fingerprint density at radius 2 is 1.89 bits per heavy atom. The van der Waals surface area contributed by atoms with Crippen molar-refractivity contribution in [2.45, 2.75) is 50.2 Å². The Labute approximate surface area is 210 Å². The molecule has 0 aliphatic carbocycles. The van der Waals surface area contributed by atoms with Crippen molar-refractivity contribution in [3.8, 4) is 5.75 Å². The summed E-state index contributed by atoms with van der Waals surface area (Å²) in [5.41, 5.74) is 2.22. The molecule has 1 heterocycles. The van der Waals surface area contributed by atoms with Crippen molar-refractivity contribution in [1.82, 2.24) is 4.31 Å². The molecule has 0 saturated heterocycles. The number of fused-ring (bicyclic) bond motifs is 1. The van der Waals surface area contributed by atoms with E-state index in [1.807, 2.05) is 13.8 Å². The molecule has 2 atom stereocenters. The number of nitrogens with zero attached hydrogens (tertiary/aromatic N) is 1. The van der Waals surface area contributed by atoms with Gasteiger partial charge in [0.05, 0.1) is 13.0 Å². The van der Waals surface area contributed by atoms with Crippen molar-refractivity contribution >= 4 is 16.7 Å². The highest BCUT2D eigenvalue weighted by atomic mass is 32.3. The molecule has 0 saturated carbocycles. The molecule has 0 amide bonds. The van der Waals surface area contributed by atoms with Crippen LogP contribution in [0.5, 0.6) is 5.75 Å². The number of carbonyl (C=O) groups is 1. The second kappa shape index (κ2) is 10.6. The van der Waals surface area contributed by atoms with E-state index in [4.69, 9.17) is 4.74 Å². The first-order chi connectivity index (χ1) is 17.1. The van der Waals surface area contributed by atoms with Gasteiger partial charge in [-0.2, -0.15) is 4.31 Å². The minimum Gasteiger partial charge on any atom is -0.487 e. The molecule has 0 radical (unpaired) electrons. The van der Waals surface area contributed by atoms with Crippen molar-refractivity contribution < 1.29 is 32.5 Å². The number of carboxylic acids is 1. The predicted octanol–water partition coefficient (Wildman–Crippen LogP) is 6.58. The smallest absolute Gasteiger partial charge is 0.304 e. The Balaban J connectivity index is 1.73. The minimum absolute atomic E-state index is 0.0843. The Bertz CT molecular complexity index is 1270. The lowest BCUT2D eigenvalue weighted by Crippen LogP contribution is -2.34. The van der Waals surface area contributed by atoms with Gasteiger partial charge >= 0.3 is 5.97 Å². The van der Waals surface area contributed by atoms with Gasteiger partial charge < -0.3 is 9.84 Å². The van der Waals surface area contributed by atoms with Gasteiger partial charge in [0, 0.05) is 18.5 Å². The molecule has 36 heavy (non-hydrogen) atoms. The van der Waals surface area contributed by atoms with Gasteiger partial charge in [0.15, 0.2) is 0 Å². The first kappa shape index (κ1) is 26.1. The molecule has 9 heteroatoms. The molecule has 0 fully saturated rings. The van der Waals surface area contributed by atoms with E-state index in [2.05, 4.69) is 0 Å². The van der Waals surface area contributed by atoms with Crippen LogP contribution >= 0.6 is 10.8 Å². The third-order valence-corrected chi connectivity index (χ3v) is 8.43. The topological polar surface area (TPSA) is 90.2 Å². The van der Waals surface area contributed by atoms with Gasteiger partial charge in [-0.1, -0.05) is 43.3 Å². The van der Waals surface area contributed by atoms with E-state index in [1.54, 1.807) is 46.8 Å². The van der Waals surface area contributed by atoms with Gasteiger partial charge in [0.25, 0.3) is 0 Å². The molecule has 1 unspecified atom stereocenters. The van der Waals surface area contributed by atoms with Crippen LogP contribution in [0.15, 0.2) is 65.6 Å². The van der Waals surface area contributed by atoms with Crippen LogP contribution in [0.2, 0.25) is 0 Å². The van der Waals surface area contributed by atoms with E-state index in [0.29, 0.717) is 22.6 Å². The van der Waals surface area contributed by atoms with Gasteiger partial charge in [-0.15, -0.1) is 10.8 Å². The highest BCUT2D eigenvalue weighted by molar-refractivity contribution is 8.22. The van der Waals surface area contributed by atoms with Gasteiger partial charge in [0.2, 0.25) is 0 Å². The molecular weight excluding hydrogens is 488 g/mol. The third-order valence-electron chi connectivity index (χ3n) is 6.50. The van der Waals surface area contributed by atoms with Crippen LogP contribution in [0.25, 0.3) is 0 Å². The Hall–Kier alpha value is -2.98. The third kappa shape index (κ3) is 5.39. The monoisotopic (exact) mass is 517 g/mol. The summed E-state index contributed by atoms with van der Waals surface area (Å²) < 4.78 is 58.4. The molecule has 0 spiro atoms. The maximum Gasteiger partial charge on any atom is 0.304 e. The van der Waals surface area contributed by atoms with Crippen LogP contribution in [-0.2, 0) is 11.3 Å².